The predicted octanol–water partition coefficient (Wildman–Crippen LogP) is 13.9. The van der Waals surface area contributed by atoms with E-state index in [1.54, 1.807) is 0 Å². The van der Waals surface area contributed by atoms with Gasteiger partial charge in [0.05, 0.1) is 11.0 Å². The average molecular weight is 699 g/mol. The molecule has 7 aromatic carbocycles. The number of aromatic nitrogens is 1. The number of anilines is 2. The first kappa shape index (κ1) is 35.7. The van der Waals surface area contributed by atoms with Gasteiger partial charge >= 0.3 is 0 Å². The van der Waals surface area contributed by atoms with E-state index in [1.165, 1.54) is 61.0 Å². The highest BCUT2D eigenvalue weighted by Crippen LogP contribution is 2.37. The Kier molecular flexibility index (Phi) is 11.1. The first-order chi connectivity index (χ1) is 26.5. The fourth-order valence-corrected chi connectivity index (χ4v) is 6.92. The SMILES string of the molecule is C=C1/C=C(c2ccc3c(c2)c2ccccc2n3-c2ccccc2)\C=C/Cc2ccccc2N1c1ccc(C)cc1.Cc1ccccc1.Cc1ccccc1. The van der Waals surface area contributed by atoms with Crippen molar-refractivity contribution in [2.45, 2.75) is 27.2 Å². The molecule has 0 unspecified atom stereocenters. The number of hydrogen-bond acceptors (Lipinski definition) is 1. The molecule has 0 N–H and O–H groups in total. The number of benzene rings is 7. The number of hydrogen-bond donors (Lipinski definition) is 0. The standard InChI is InChI=1S/C38H30N2.2C7H8/c1-27-19-22-33(23-20-27)39-28(2)25-30(13-10-12-29-11-6-8-17-36(29)39)31-21-24-38-35(26-31)34-16-7-9-18-37(34)40(38)32-14-4-3-5-15-32;2*1-7-5-3-2-4-6-7/h3-11,13-26H,2,12H2,1H3;2*2-6H,1H3/b13-10-,30-25+;;. The van der Waals surface area contributed by atoms with Crippen LogP contribution in [0.3, 0.4) is 0 Å². The molecule has 0 fully saturated rings. The van der Waals surface area contributed by atoms with E-state index in [2.05, 4.69) is 201 Å². The molecule has 2 heterocycles. The minimum atomic E-state index is 0.846. The van der Waals surface area contributed by atoms with Crippen molar-refractivity contribution in [3.05, 3.63) is 240 Å². The molecule has 0 saturated carbocycles. The van der Waals surface area contributed by atoms with Gasteiger partial charge in [0, 0.05) is 33.5 Å². The number of aryl methyl sites for hydroxylation is 3. The Balaban J connectivity index is 0.000000269. The van der Waals surface area contributed by atoms with Crippen molar-refractivity contribution in [3.8, 4) is 5.69 Å². The summed E-state index contributed by atoms with van der Waals surface area (Å²) in [4.78, 5) is 2.28. The summed E-state index contributed by atoms with van der Waals surface area (Å²) >= 11 is 0. The van der Waals surface area contributed by atoms with Crippen LogP contribution in [0, 0.1) is 20.8 Å². The van der Waals surface area contributed by atoms with Gasteiger partial charge in [-0.05, 0) is 98.5 Å². The van der Waals surface area contributed by atoms with Crippen molar-refractivity contribution in [1.82, 2.24) is 4.57 Å². The van der Waals surface area contributed by atoms with Crippen LogP contribution in [-0.2, 0) is 6.42 Å². The Hall–Kier alpha value is -6.64. The molecule has 0 bridgehead atoms. The van der Waals surface area contributed by atoms with Crippen molar-refractivity contribution in [3.63, 3.8) is 0 Å². The maximum atomic E-state index is 4.58. The molecule has 8 aromatic rings. The molecule has 0 saturated heterocycles. The number of nitrogens with zero attached hydrogens (tertiary/aromatic N) is 2. The van der Waals surface area contributed by atoms with Gasteiger partial charge < -0.3 is 9.47 Å². The quantitative estimate of drug-likeness (QED) is 0.178. The summed E-state index contributed by atoms with van der Waals surface area (Å²) in [6.07, 6.45) is 7.58. The summed E-state index contributed by atoms with van der Waals surface area (Å²) in [6, 6.07) is 64.0. The van der Waals surface area contributed by atoms with Crippen molar-refractivity contribution in [2.24, 2.45) is 0 Å². The van der Waals surface area contributed by atoms with E-state index in [0.29, 0.717) is 0 Å². The van der Waals surface area contributed by atoms with Crippen LogP contribution >= 0.6 is 0 Å². The van der Waals surface area contributed by atoms with E-state index in [1.807, 2.05) is 36.4 Å². The van der Waals surface area contributed by atoms with E-state index in [-0.39, 0.29) is 0 Å². The lowest BCUT2D eigenvalue weighted by Gasteiger charge is -2.28. The highest BCUT2D eigenvalue weighted by atomic mass is 15.1. The molecule has 264 valence electrons. The van der Waals surface area contributed by atoms with Gasteiger partial charge in [0.2, 0.25) is 0 Å². The molecular formula is C52H46N2. The van der Waals surface area contributed by atoms with Crippen LogP contribution in [0.15, 0.2) is 212 Å². The smallest absolute Gasteiger partial charge is 0.0541 e. The van der Waals surface area contributed by atoms with Crippen molar-refractivity contribution >= 4 is 38.8 Å². The zero-order valence-electron chi connectivity index (χ0n) is 31.4. The summed E-state index contributed by atoms with van der Waals surface area (Å²) in [5, 5.41) is 2.50. The van der Waals surface area contributed by atoms with Crippen LogP contribution in [0.1, 0.15) is 27.8 Å². The molecule has 0 atom stereocenters. The second kappa shape index (κ2) is 16.8. The van der Waals surface area contributed by atoms with Crippen molar-refractivity contribution in [2.75, 3.05) is 4.90 Å². The summed E-state index contributed by atoms with van der Waals surface area (Å²) < 4.78 is 2.36. The fraction of sp³-hybridized carbons (Fsp3) is 0.0769. The van der Waals surface area contributed by atoms with Gasteiger partial charge in [-0.3, -0.25) is 0 Å². The zero-order valence-corrected chi connectivity index (χ0v) is 31.4. The van der Waals surface area contributed by atoms with Crippen LogP contribution in [-0.4, -0.2) is 4.57 Å². The molecule has 0 spiro atoms. The van der Waals surface area contributed by atoms with Gasteiger partial charge in [-0.2, -0.15) is 0 Å². The lowest BCUT2D eigenvalue weighted by Crippen LogP contribution is -2.16. The van der Waals surface area contributed by atoms with Crippen LogP contribution in [0.4, 0.5) is 11.4 Å². The number of allylic oxidation sites excluding steroid dienone is 4. The fourth-order valence-electron chi connectivity index (χ4n) is 6.92. The van der Waals surface area contributed by atoms with Gasteiger partial charge in [-0.25, -0.2) is 0 Å². The molecule has 9 rings (SSSR count). The summed E-state index contributed by atoms with van der Waals surface area (Å²) in [5.41, 5.74) is 14.3. The topological polar surface area (TPSA) is 8.17 Å². The van der Waals surface area contributed by atoms with Gasteiger partial charge in [-0.1, -0.05) is 169 Å². The largest absolute Gasteiger partial charge is 0.311 e. The van der Waals surface area contributed by atoms with Gasteiger partial charge in [0.15, 0.2) is 0 Å². The van der Waals surface area contributed by atoms with Crippen LogP contribution < -0.4 is 4.90 Å². The number of para-hydroxylation sites is 3. The molecule has 0 radical (unpaired) electrons. The maximum Gasteiger partial charge on any atom is 0.0541 e. The second-order valence-corrected chi connectivity index (χ2v) is 13.7. The number of rotatable bonds is 3. The lowest BCUT2D eigenvalue weighted by atomic mass is 10.0. The highest BCUT2D eigenvalue weighted by molar-refractivity contribution is 6.10. The van der Waals surface area contributed by atoms with E-state index < -0.39 is 0 Å². The molecule has 2 nitrogen and oxygen atoms in total. The molecule has 1 aromatic heterocycles. The third-order valence-electron chi connectivity index (χ3n) is 9.67. The molecule has 1 aliphatic rings. The molecule has 1 aliphatic heterocycles. The monoisotopic (exact) mass is 698 g/mol. The first-order valence-corrected chi connectivity index (χ1v) is 18.6. The molecular weight excluding hydrogens is 653 g/mol. The van der Waals surface area contributed by atoms with E-state index in [4.69, 9.17) is 0 Å². The molecule has 0 amide bonds. The first-order valence-electron chi connectivity index (χ1n) is 18.6. The summed E-state index contributed by atoms with van der Waals surface area (Å²) in [6.45, 7) is 10.9. The van der Waals surface area contributed by atoms with E-state index in [9.17, 15) is 0 Å². The Morgan fingerprint density at radius 2 is 1.04 bits per heavy atom. The van der Waals surface area contributed by atoms with Crippen molar-refractivity contribution < 1.29 is 0 Å². The minimum Gasteiger partial charge on any atom is -0.311 e. The molecule has 2 heteroatoms. The predicted molar refractivity (Wildman–Crippen MR) is 233 cm³/mol. The average Bonchev–Trinajstić information content (AvgIpc) is 3.56. The van der Waals surface area contributed by atoms with E-state index in [0.717, 1.165) is 23.4 Å². The number of fused-ring (bicyclic) bond motifs is 4. The zero-order chi connectivity index (χ0) is 37.3. The normalized spacial score (nSPS) is 13.9. The van der Waals surface area contributed by atoms with Gasteiger partial charge in [0.1, 0.15) is 0 Å². The maximum absolute atomic E-state index is 4.58. The summed E-state index contributed by atoms with van der Waals surface area (Å²) in [7, 11) is 0. The third kappa shape index (κ3) is 8.20. The van der Waals surface area contributed by atoms with Gasteiger partial charge in [-0.15, -0.1) is 0 Å². The summed E-state index contributed by atoms with van der Waals surface area (Å²) in [5.74, 6) is 0. The molecule has 54 heavy (non-hydrogen) atoms. The Morgan fingerprint density at radius 1 is 0.481 bits per heavy atom. The minimum absolute atomic E-state index is 0.846. The van der Waals surface area contributed by atoms with Crippen LogP contribution in [0.25, 0.3) is 33.1 Å². The second-order valence-electron chi connectivity index (χ2n) is 13.7. The lowest BCUT2D eigenvalue weighted by molar-refractivity contribution is 1.16. The Bertz CT molecular complexity index is 2500. The van der Waals surface area contributed by atoms with Crippen molar-refractivity contribution in [1.29, 1.82) is 0 Å². The molecule has 0 aliphatic carbocycles. The van der Waals surface area contributed by atoms with Gasteiger partial charge in [0.25, 0.3) is 0 Å². The third-order valence-corrected chi connectivity index (χ3v) is 9.67. The van der Waals surface area contributed by atoms with Crippen LogP contribution in [0.5, 0.6) is 0 Å². The highest BCUT2D eigenvalue weighted by Gasteiger charge is 2.18. The Morgan fingerprint density at radius 3 is 1.69 bits per heavy atom. The van der Waals surface area contributed by atoms with E-state index >= 15 is 0 Å². The van der Waals surface area contributed by atoms with Crippen LogP contribution in [0.2, 0.25) is 0 Å². The Labute approximate surface area is 320 Å².